The summed E-state index contributed by atoms with van der Waals surface area (Å²) in [5.74, 6) is -0.0351. The molecule has 0 saturated heterocycles. The summed E-state index contributed by atoms with van der Waals surface area (Å²) in [6.45, 7) is 1.73. The lowest BCUT2D eigenvalue weighted by molar-refractivity contribution is -0.121. The number of carbonyl (C=O) groups is 1. The van der Waals surface area contributed by atoms with Gasteiger partial charge in [0.05, 0.1) is 6.42 Å². The Morgan fingerprint density at radius 2 is 2.08 bits per heavy atom. The number of benzene rings is 1. The summed E-state index contributed by atoms with van der Waals surface area (Å²) in [7, 11) is 0. The van der Waals surface area contributed by atoms with Crippen molar-refractivity contribution in [1.29, 1.82) is 0 Å². The molecule has 3 rings (SSSR count). The smallest absolute Gasteiger partial charge is 0.249 e. The summed E-state index contributed by atoms with van der Waals surface area (Å²) < 4.78 is 18.2. The van der Waals surface area contributed by atoms with E-state index < -0.39 is 11.9 Å². The third kappa shape index (κ3) is 4.19. The van der Waals surface area contributed by atoms with Gasteiger partial charge in [0, 0.05) is 23.0 Å². The van der Waals surface area contributed by atoms with Crippen LogP contribution in [-0.4, -0.2) is 21.0 Å². The molecule has 25 heavy (non-hydrogen) atoms. The fourth-order valence-corrected chi connectivity index (χ4v) is 2.46. The van der Waals surface area contributed by atoms with E-state index >= 15 is 0 Å². The van der Waals surface area contributed by atoms with Gasteiger partial charge in [-0.2, -0.15) is 4.98 Å². The topological polar surface area (TPSA) is 80.9 Å². The van der Waals surface area contributed by atoms with E-state index in [0.29, 0.717) is 11.4 Å². The third-order valence-corrected chi connectivity index (χ3v) is 3.85. The number of nitrogens with one attached hydrogen (secondary N) is 1. The standard InChI is InChI=1S/C17H14ClFN4O2/c1-10(17-22-16(23-25-17)11-4-6-20-7-5-11)21-15(24)8-12-2-3-13(19)9-14(12)18/h2-7,9-10H,8H2,1H3,(H,21,24)/t10-/m0/s1. The van der Waals surface area contributed by atoms with Crippen LogP contribution >= 0.6 is 11.6 Å². The molecule has 128 valence electrons. The van der Waals surface area contributed by atoms with Crippen LogP contribution in [0.4, 0.5) is 4.39 Å². The van der Waals surface area contributed by atoms with Crippen LogP contribution in [0.15, 0.2) is 47.2 Å². The highest BCUT2D eigenvalue weighted by Gasteiger charge is 2.18. The summed E-state index contributed by atoms with van der Waals surface area (Å²) in [4.78, 5) is 20.3. The molecule has 0 aliphatic rings. The van der Waals surface area contributed by atoms with Crippen molar-refractivity contribution in [3.8, 4) is 11.4 Å². The first kappa shape index (κ1) is 17.0. The molecule has 1 atom stereocenters. The van der Waals surface area contributed by atoms with Crippen molar-refractivity contribution in [3.63, 3.8) is 0 Å². The summed E-state index contributed by atoms with van der Waals surface area (Å²) in [5, 5.41) is 6.85. The Morgan fingerprint density at radius 3 is 2.80 bits per heavy atom. The molecular formula is C17H14ClFN4O2. The molecule has 8 heteroatoms. The molecule has 0 aliphatic carbocycles. The molecule has 0 unspecified atom stereocenters. The van der Waals surface area contributed by atoms with Crippen molar-refractivity contribution in [3.05, 3.63) is 65.0 Å². The van der Waals surface area contributed by atoms with Crippen LogP contribution in [0.5, 0.6) is 0 Å². The monoisotopic (exact) mass is 360 g/mol. The van der Waals surface area contributed by atoms with Crippen LogP contribution in [0.3, 0.4) is 0 Å². The van der Waals surface area contributed by atoms with Crippen LogP contribution in [0.25, 0.3) is 11.4 Å². The number of amides is 1. The lowest BCUT2D eigenvalue weighted by Gasteiger charge is -2.10. The van der Waals surface area contributed by atoms with E-state index in [1.807, 2.05) is 0 Å². The van der Waals surface area contributed by atoms with E-state index in [9.17, 15) is 9.18 Å². The quantitative estimate of drug-likeness (QED) is 0.754. The maximum atomic E-state index is 13.0. The third-order valence-electron chi connectivity index (χ3n) is 3.49. The first-order valence-corrected chi connectivity index (χ1v) is 7.88. The van der Waals surface area contributed by atoms with Crippen LogP contribution in [0.1, 0.15) is 24.4 Å². The molecule has 0 saturated carbocycles. The molecule has 1 aromatic carbocycles. The van der Waals surface area contributed by atoms with Gasteiger partial charge in [-0.1, -0.05) is 22.8 Å². The van der Waals surface area contributed by atoms with Crippen LogP contribution in [-0.2, 0) is 11.2 Å². The second kappa shape index (κ2) is 7.40. The van der Waals surface area contributed by atoms with Crippen LogP contribution in [0.2, 0.25) is 5.02 Å². The average Bonchev–Trinajstić information content (AvgIpc) is 3.08. The molecule has 0 fully saturated rings. The van der Waals surface area contributed by atoms with Gasteiger partial charge in [-0.25, -0.2) is 4.39 Å². The molecule has 1 N–H and O–H groups in total. The van der Waals surface area contributed by atoms with Gasteiger partial charge in [0.25, 0.3) is 0 Å². The van der Waals surface area contributed by atoms with Gasteiger partial charge in [-0.15, -0.1) is 0 Å². The van der Waals surface area contributed by atoms with Gasteiger partial charge >= 0.3 is 0 Å². The van der Waals surface area contributed by atoms with E-state index in [1.165, 1.54) is 18.2 Å². The minimum absolute atomic E-state index is 0.0226. The first-order chi connectivity index (χ1) is 12.0. The molecule has 0 aliphatic heterocycles. The molecule has 0 radical (unpaired) electrons. The maximum absolute atomic E-state index is 13.0. The minimum Gasteiger partial charge on any atom is -0.344 e. The summed E-state index contributed by atoms with van der Waals surface area (Å²) in [6.07, 6.45) is 3.28. The molecular weight excluding hydrogens is 347 g/mol. The summed E-state index contributed by atoms with van der Waals surface area (Å²) in [5.41, 5.74) is 1.30. The van der Waals surface area contributed by atoms with Gasteiger partial charge in [-0.05, 0) is 36.8 Å². The Bertz CT molecular complexity index is 885. The van der Waals surface area contributed by atoms with Crippen LogP contribution < -0.4 is 5.32 Å². The number of carbonyl (C=O) groups excluding carboxylic acids is 1. The molecule has 3 aromatic rings. The van der Waals surface area contributed by atoms with Crippen molar-refractivity contribution >= 4 is 17.5 Å². The minimum atomic E-state index is -0.477. The Hall–Kier alpha value is -2.80. The van der Waals surface area contributed by atoms with Gasteiger partial charge in [0.15, 0.2) is 0 Å². The Balaban J connectivity index is 1.65. The number of rotatable bonds is 5. The molecule has 0 spiro atoms. The molecule has 0 bridgehead atoms. The average molecular weight is 361 g/mol. The Kier molecular flexibility index (Phi) is 5.04. The molecule has 2 aromatic heterocycles. The second-order valence-electron chi connectivity index (χ2n) is 5.39. The normalized spacial score (nSPS) is 12.0. The van der Waals surface area contributed by atoms with Gasteiger partial charge in [-0.3, -0.25) is 9.78 Å². The summed E-state index contributed by atoms with van der Waals surface area (Å²) >= 11 is 5.93. The van der Waals surface area contributed by atoms with Crippen molar-refractivity contribution < 1.29 is 13.7 Å². The van der Waals surface area contributed by atoms with Crippen LogP contribution in [0, 0.1) is 5.82 Å². The van der Waals surface area contributed by atoms with E-state index in [-0.39, 0.29) is 23.2 Å². The zero-order chi connectivity index (χ0) is 17.8. The number of hydrogen-bond acceptors (Lipinski definition) is 5. The molecule has 2 heterocycles. The highest BCUT2D eigenvalue weighted by molar-refractivity contribution is 6.31. The van der Waals surface area contributed by atoms with Crippen molar-refractivity contribution in [1.82, 2.24) is 20.4 Å². The van der Waals surface area contributed by atoms with Crippen molar-refractivity contribution in [2.45, 2.75) is 19.4 Å². The number of hydrogen-bond donors (Lipinski definition) is 1. The molecule has 6 nitrogen and oxygen atoms in total. The fraction of sp³-hybridized carbons (Fsp3) is 0.176. The van der Waals surface area contributed by atoms with E-state index in [2.05, 4.69) is 20.4 Å². The number of pyridine rings is 1. The Labute approximate surface area is 148 Å². The van der Waals surface area contributed by atoms with E-state index in [1.54, 1.807) is 31.5 Å². The Morgan fingerprint density at radius 1 is 1.32 bits per heavy atom. The highest BCUT2D eigenvalue weighted by atomic mass is 35.5. The fourth-order valence-electron chi connectivity index (χ4n) is 2.22. The number of aromatic nitrogens is 3. The lowest BCUT2D eigenvalue weighted by atomic mass is 10.1. The zero-order valence-corrected chi connectivity index (χ0v) is 14.0. The maximum Gasteiger partial charge on any atom is 0.249 e. The van der Waals surface area contributed by atoms with Gasteiger partial charge in [0.1, 0.15) is 11.9 Å². The van der Waals surface area contributed by atoms with Crippen molar-refractivity contribution in [2.24, 2.45) is 0 Å². The van der Waals surface area contributed by atoms with Gasteiger partial charge < -0.3 is 9.84 Å². The van der Waals surface area contributed by atoms with Gasteiger partial charge in [0.2, 0.25) is 17.6 Å². The highest BCUT2D eigenvalue weighted by Crippen LogP contribution is 2.20. The predicted molar refractivity (Wildman–Crippen MR) is 89.2 cm³/mol. The number of halogens is 2. The number of nitrogens with zero attached hydrogens (tertiary/aromatic N) is 3. The first-order valence-electron chi connectivity index (χ1n) is 7.50. The summed E-state index contributed by atoms with van der Waals surface area (Å²) in [6, 6.07) is 6.96. The largest absolute Gasteiger partial charge is 0.344 e. The zero-order valence-electron chi connectivity index (χ0n) is 13.2. The second-order valence-corrected chi connectivity index (χ2v) is 5.80. The van der Waals surface area contributed by atoms with E-state index in [0.717, 1.165) is 5.56 Å². The van der Waals surface area contributed by atoms with E-state index in [4.69, 9.17) is 16.1 Å². The SMILES string of the molecule is C[C@H](NC(=O)Cc1ccc(F)cc1Cl)c1nc(-c2ccncc2)no1. The molecule has 1 amide bonds. The predicted octanol–water partition coefficient (Wildman–Crippen LogP) is 3.34. The van der Waals surface area contributed by atoms with Crippen molar-refractivity contribution in [2.75, 3.05) is 0 Å². The lowest BCUT2D eigenvalue weighted by Crippen LogP contribution is -2.28.